The summed E-state index contributed by atoms with van der Waals surface area (Å²) in [4.78, 5) is 10.6. The number of hydrogen-bond acceptors (Lipinski definition) is 3. The average molecular weight is 243 g/mol. The Morgan fingerprint density at radius 2 is 1.94 bits per heavy atom. The minimum atomic E-state index is -3.90. The predicted molar refractivity (Wildman–Crippen MR) is 58.9 cm³/mol. The average Bonchev–Trinajstić information content (AvgIpc) is 2.15. The molecule has 1 aromatic carbocycles. The molecule has 0 saturated heterocycles. The number of carbonyl (C=O) groups is 1. The van der Waals surface area contributed by atoms with E-state index in [0.29, 0.717) is 5.56 Å². The van der Waals surface area contributed by atoms with Gasteiger partial charge in [0.05, 0.1) is 10.5 Å². The van der Waals surface area contributed by atoms with Gasteiger partial charge in [-0.1, -0.05) is 19.9 Å². The first-order chi connectivity index (χ1) is 7.23. The summed E-state index contributed by atoms with van der Waals surface area (Å²) >= 11 is 0. The van der Waals surface area contributed by atoms with Crippen LogP contribution in [0.2, 0.25) is 0 Å². The molecule has 1 rings (SSSR count). The van der Waals surface area contributed by atoms with Gasteiger partial charge in [-0.3, -0.25) is 0 Å². The van der Waals surface area contributed by atoms with Crippen LogP contribution in [0.4, 0.5) is 0 Å². The predicted octanol–water partition coefficient (Wildman–Crippen LogP) is 1.16. The van der Waals surface area contributed by atoms with Gasteiger partial charge in [-0.2, -0.15) is 0 Å². The Bertz CT molecular complexity index is 520. The van der Waals surface area contributed by atoms with Crippen molar-refractivity contribution in [1.82, 2.24) is 0 Å². The molecule has 0 radical (unpaired) electrons. The van der Waals surface area contributed by atoms with E-state index in [2.05, 4.69) is 0 Å². The minimum absolute atomic E-state index is 0.0452. The molecule has 0 spiro atoms. The highest BCUT2D eigenvalue weighted by molar-refractivity contribution is 7.89. The lowest BCUT2D eigenvalue weighted by Gasteiger charge is -2.11. The molecule has 6 heteroatoms. The second-order valence-electron chi connectivity index (χ2n) is 3.76. The maximum Gasteiger partial charge on any atom is 0.335 e. The topological polar surface area (TPSA) is 97.5 Å². The van der Waals surface area contributed by atoms with Gasteiger partial charge in [0.15, 0.2) is 0 Å². The summed E-state index contributed by atoms with van der Waals surface area (Å²) in [7, 11) is -3.90. The summed E-state index contributed by atoms with van der Waals surface area (Å²) in [6.07, 6.45) is 0. The lowest BCUT2D eigenvalue weighted by Crippen LogP contribution is -2.16. The van der Waals surface area contributed by atoms with Crippen molar-refractivity contribution in [1.29, 1.82) is 0 Å². The molecule has 0 atom stereocenters. The Hall–Kier alpha value is -1.40. The first kappa shape index (κ1) is 12.7. The first-order valence-electron chi connectivity index (χ1n) is 4.63. The Morgan fingerprint density at radius 1 is 1.38 bits per heavy atom. The Labute approximate surface area is 93.9 Å². The van der Waals surface area contributed by atoms with Gasteiger partial charge in [0.1, 0.15) is 0 Å². The van der Waals surface area contributed by atoms with Crippen LogP contribution in [0.3, 0.4) is 0 Å². The van der Waals surface area contributed by atoms with Crippen LogP contribution in [-0.4, -0.2) is 19.5 Å². The molecule has 0 aromatic heterocycles. The summed E-state index contributed by atoms with van der Waals surface area (Å²) in [5, 5.41) is 13.8. The van der Waals surface area contributed by atoms with E-state index in [4.69, 9.17) is 10.2 Å². The van der Waals surface area contributed by atoms with Gasteiger partial charge in [0.25, 0.3) is 0 Å². The van der Waals surface area contributed by atoms with Crippen molar-refractivity contribution in [2.45, 2.75) is 24.7 Å². The van der Waals surface area contributed by atoms with Gasteiger partial charge in [0.2, 0.25) is 10.0 Å². The number of benzene rings is 1. The lowest BCUT2D eigenvalue weighted by molar-refractivity contribution is 0.0696. The molecule has 1 aromatic rings. The second-order valence-corrected chi connectivity index (χ2v) is 5.29. The smallest absolute Gasteiger partial charge is 0.335 e. The third-order valence-corrected chi connectivity index (χ3v) is 3.16. The van der Waals surface area contributed by atoms with Crippen LogP contribution in [0.15, 0.2) is 23.1 Å². The third-order valence-electron chi connectivity index (χ3n) is 2.19. The molecular formula is C10H13NO4S. The molecule has 0 heterocycles. The van der Waals surface area contributed by atoms with Crippen molar-refractivity contribution in [3.05, 3.63) is 29.3 Å². The molecule has 0 fully saturated rings. The number of carboxylic acid groups (broad SMARTS) is 1. The molecule has 3 N–H and O–H groups in total. The fourth-order valence-corrected chi connectivity index (χ4v) is 2.31. The highest BCUT2D eigenvalue weighted by atomic mass is 32.2. The summed E-state index contributed by atoms with van der Waals surface area (Å²) in [6, 6.07) is 3.94. The van der Waals surface area contributed by atoms with E-state index in [9.17, 15) is 13.2 Å². The van der Waals surface area contributed by atoms with Crippen LogP contribution in [0.25, 0.3) is 0 Å². The first-order valence-corrected chi connectivity index (χ1v) is 6.18. The van der Waals surface area contributed by atoms with E-state index >= 15 is 0 Å². The third kappa shape index (κ3) is 2.59. The van der Waals surface area contributed by atoms with Crippen molar-refractivity contribution in [3.63, 3.8) is 0 Å². The summed E-state index contributed by atoms with van der Waals surface area (Å²) in [5.41, 5.74) is 0.431. The standard InChI is InChI=1S/C10H13NO4S/c1-6(2)8-4-3-7(10(12)13)5-9(8)16(11,14)15/h3-6H,1-2H3,(H,12,13)(H2,11,14,15). The van der Waals surface area contributed by atoms with Crippen molar-refractivity contribution < 1.29 is 18.3 Å². The van der Waals surface area contributed by atoms with Crippen molar-refractivity contribution in [2.75, 3.05) is 0 Å². The Kier molecular flexibility index (Phi) is 3.35. The molecule has 16 heavy (non-hydrogen) atoms. The monoisotopic (exact) mass is 243 g/mol. The van der Waals surface area contributed by atoms with Crippen LogP contribution in [0, 0.1) is 0 Å². The number of nitrogens with two attached hydrogens (primary N) is 1. The quantitative estimate of drug-likeness (QED) is 0.832. The van der Waals surface area contributed by atoms with Gasteiger partial charge in [-0.25, -0.2) is 18.4 Å². The van der Waals surface area contributed by atoms with Crippen LogP contribution < -0.4 is 5.14 Å². The zero-order chi connectivity index (χ0) is 12.5. The van der Waals surface area contributed by atoms with Gasteiger partial charge in [-0.15, -0.1) is 0 Å². The number of hydrogen-bond donors (Lipinski definition) is 2. The number of carboxylic acids is 1. The number of aromatic carboxylic acids is 1. The number of primary sulfonamides is 1. The molecular weight excluding hydrogens is 230 g/mol. The van der Waals surface area contributed by atoms with E-state index in [0.717, 1.165) is 6.07 Å². The lowest BCUT2D eigenvalue weighted by atomic mass is 10.0. The molecule has 0 unspecified atom stereocenters. The molecule has 0 amide bonds. The molecule has 88 valence electrons. The zero-order valence-corrected chi connectivity index (χ0v) is 9.78. The van der Waals surface area contributed by atoms with Crippen LogP contribution in [-0.2, 0) is 10.0 Å². The maximum atomic E-state index is 11.3. The van der Waals surface area contributed by atoms with E-state index in [1.54, 1.807) is 0 Å². The second kappa shape index (κ2) is 4.23. The van der Waals surface area contributed by atoms with Crippen LogP contribution >= 0.6 is 0 Å². The number of sulfonamides is 1. The molecule has 0 aliphatic rings. The van der Waals surface area contributed by atoms with E-state index in [1.807, 2.05) is 13.8 Å². The highest BCUT2D eigenvalue weighted by Gasteiger charge is 2.18. The number of rotatable bonds is 3. The highest BCUT2D eigenvalue weighted by Crippen LogP contribution is 2.24. The Balaban J connectivity index is 3.51. The fraction of sp³-hybridized carbons (Fsp3) is 0.300. The Morgan fingerprint density at radius 3 is 2.31 bits per heavy atom. The fourth-order valence-electron chi connectivity index (χ4n) is 1.39. The van der Waals surface area contributed by atoms with Crippen LogP contribution in [0.5, 0.6) is 0 Å². The zero-order valence-electron chi connectivity index (χ0n) is 8.97. The van der Waals surface area contributed by atoms with Gasteiger partial charge >= 0.3 is 5.97 Å². The van der Waals surface area contributed by atoms with E-state index < -0.39 is 16.0 Å². The SMILES string of the molecule is CC(C)c1ccc(C(=O)O)cc1S(N)(=O)=O. The van der Waals surface area contributed by atoms with Gasteiger partial charge in [-0.05, 0) is 23.6 Å². The van der Waals surface area contributed by atoms with Crippen LogP contribution in [0.1, 0.15) is 35.7 Å². The minimum Gasteiger partial charge on any atom is -0.478 e. The molecule has 0 saturated carbocycles. The largest absolute Gasteiger partial charge is 0.478 e. The van der Waals surface area contributed by atoms with E-state index in [1.165, 1.54) is 12.1 Å². The van der Waals surface area contributed by atoms with Crippen molar-refractivity contribution in [3.8, 4) is 0 Å². The van der Waals surface area contributed by atoms with Crippen molar-refractivity contribution in [2.24, 2.45) is 5.14 Å². The summed E-state index contributed by atoms with van der Waals surface area (Å²) in [6.45, 7) is 3.62. The van der Waals surface area contributed by atoms with Gasteiger partial charge in [0, 0.05) is 0 Å². The van der Waals surface area contributed by atoms with Crippen molar-refractivity contribution >= 4 is 16.0 Å². The summed E-state index contributed by atoms with van der Waals surface area (Å²) < 4.78 is 22.6. The van der Waals surface area contributed by atoms with E-state index in [-0.39, 0.29) is 16.4 Å². The molecule has 5 nitrogen and oxygen atoms in total. The van der Waals surface area contributed by atoms with Gasteiger partial charge < -0.3 is 5.11 Å². The molecule has 0 aliphatic heterocycles. The maximum absolute atomic E-state index is 11.3. The molecule has 0 bridgehead atoms. The summed E-state index contributed by atoms with van der Waals surface area (Å²) in [5.74, 6) is -1.23. The normalized spacial score (nSPS) is 11.8. The molecule has 0 aliphatic carbocycles.